The van der Waals surface area contributed by atoms with E-state index in [4.69, 9.17) is 4.74 Å². The van der Waals surface area contributed by atoms with Gasteiger partial charge in [0.15, 0.2) is 0 Å². The van der Waals surface area contributed by atoms with Crippen LogP contribution in [-0.4, -0.2) is 27.8 Å². The van der Waals surface area contributed by atoms with Gasteiger partial charge in [-0.3, -0.25) is 4.79 Å². The minimum absolute atomic E-state index is 0.0840. The summed E-state index contributed by atoms with van der Waals surface area (Å²) in [5, 5.41) is 1.99. The Bertz CT molecular complexity index is 680. The molecule has 120 valence electrons. The fraction of sp³-hybridized carbons (Fsp3) is 0.562. The van der Waals surface area contributed by atoms with E-state index in [0.717, 1.165) is 33.9 Å². The van der Waals surface area contributed by atoms with E-state index in [9.17, 15) is 4.79 Å². The van der Waals surface area contributed by atoms with Gasteiger partial charge in [0, 0.05) is 16.7 Å². The summed E-state index contributed by atoms with van der Waals surface area (Å²) in [6, 6.07) is 0. The van der Waals surface area contributed by atoms with Crippen LogP contribution in [0.15, 0.2) is 5.03 Å². The van der Waals surface area contributed by atoms with Gasteiger partial charge >= 0.3 is 5.97 Å². The van der Waals surface area contributed by atoms with Crippen LogP contribution in [-0.2, 0) is 16.0 Å². The second-order valence-electron chi connectivity index (χ2n) is 5.49. The summed E-state index contributed by atoms with van der Waals surface area (Å²) >= 11 is 3.15. The van der Waals surface area contributed by atoms with Crippen LogP contribution in [0.2, 0.25) is 0 Å². The molecule has 22 heavy (non-hydrogen) atoms. The lowest BCUT2D eigenvalue weighted by Crippen LogP contribution is -2.13. The van der Waals surface area contributed by atoms with Gasteiger partial charge in [0.2, 0.25) is 0 Å². The normalized spacial score (nSPS) is 11.4. The molecule has 0 aliphatic rings. The molecule has 0 bridgehead atoms. The number of rotatable bonds is 6. The van der Waals surface area contributed by atoms with Crippen molar-refractivity contribution in [2.75, 3.05) is 5.75 Å². The van der Waals surface area contributed by atoms with Gasteiger partial charge in [-0.1, -0.05) is 18.7 Å². The molecule has 2 heterocycles. The number of hydrogen-bond donors (Lipinski definition) is 0. The van der Waals surface area contributed by atoms with E-state index in [0.29, 0.717) is 0 Å². The van der Waals surface area contributed by atoms with Crippen LogP contribution in [0.25, 0.3) is 10.2 Å². The third-order valence-corrected chi connectivity index (χ3v) is 5.26. The Kier molecular flexibility index (Phi) is 5.81. The Morgan fingerprint density at radius 3 is 2.68 bits per heavy atom. The molecular formula is C16H22N2O2S2. The molecule has 0 unspecified atom stereocenters. The van der Waals surface area contributed by atoms with Crippen molar-refractivity contribution in [3.8, 4) is 0 Å². The maximum Gasteiger partial charge on any atom is 0.316 e. The fourth-order valence-electron chi connectivity index (χ4n) is 2.12. The van der Waals surface area contributed by atoms with Crippen LogP contribution in [0, 0.1) is 13.8 Å². The van der Waals surface area contributed by atoms with E-state index in [-0.39, 0.29) is 17.8 Å². The molecule has 0 saturated carbocycles. The van der Waals surface area contributed by atoms with E-state index >= 15 is 0 Å². The average Bonchev–Trinajstić information content (AvgIpc) is 2.71. The molecule has 0 fully saturated rings. The zero-order valence-electron chi connectivity index (χ0n) is 13.7. The quantitative estimate of drug-likeness (QED) is 0.446. The number of carbonyl (C=O) groups excluding carboxylic acids is 1. The number of hydrogen-bond acceptors (Lipinski definition) is 6. The van der Waals surface area contributed by atoms with Gasteiger partial charge in [-0.2, -0.15) is 0 Å². The van der Waals surface area contributed by atoms with Crippen LogP contribution in [0.3, 0.4) is 0 Å². The van der Waals surface area contributed by atoms with E-state index in [1.807, 2.05) is 13.8 Å². The minimum atomic E-state index is -0.201. The van der Waals surface area contributed by atoms with E-state index in [1.54, 1.807) is 11.3 Å². The number of thioether (sulfide) groups is 1. The smallest absolute Gasteiger partial charge is 0.316 e. The number of nitrogens with zero attached hydrogens (tertiary/aromatic N) is 2. The molecule has 0 radical (unpaired) electrons. The van der Waals surface area contributed by atoms with Gasteiger partial charge in [-0.25, -0.2) is 9.97 Å². The molecule has 2 aromatic heterocycles. The zero-order valence-corrected chi connectivity index (χ0v) is 15.4. The summed E-state index contributed by atoms with van der Waals surface area (Å²) in [5.74, 6) is 0.939. The predicted molar refractivity (Wildman–Crippen MR) is 92.8 cm³/mol. The van der Waals surface area contributed by atoms with Crippen LogP contribution >= 0.6 is 23.1 Å². The molecule has 0 aliphatic heterocycles. The summed E-state index contributed by atoms with van der Waals surface area (Å²) in [7, 11) is 0. The number of carbonyl (C=O) groups is 1. The molecule has 0 spiro atoms. The van der Waals surface area contributed by atoms with Crippen LogP contribution < -0.4 is 0 Å². The largest absolute Gasteiger partial charge is 0.462 e. The predicted octanol–water partition coefficient (Wildman–Crippen LogP) is 4.30. The highest BCUT2D eigenvalue weighted by molar-refractivity contribution is 8.00. The number of thiophene rings is 1. The summed E-state index contributed by atoms with van der Waals surface area (Å²) in [5.41, 5.74) is 1.21. The number of aryl methyl sites for hydroxylation is 3. The lowest BCUT2D eigenvalue weighted by molar-refractivity contribution is -0.144. The summed E-state index contributed by atoms with van der Waals surface area (Å²) in [4.78, 5) is 23.4. The van der Waals surface area contributed by atoms with Gasteiger partial charge in [0.25, 0.3) is 0 Å². The van der Waals surface area contributed by atoms with E-state index in [2.05, 4.69) is 30.7 Å². The second-order valence-corrected chi connectivity index (χ2v) is 7.65. The molecule has 0 atom stereocenters. The van der Waals surface area contributed by atoms with E-state index < -0.39 is 0 Å². The van der Waals surface area contributed by atoms with Crippen molar-refractivity contribution >= 4 is 39.3 Å². The number of esters is 1. The van der Waals surface area contributed by atoms with Crippen molar-refractivity contribution in [2.24, 2.45) is 0 Å². The molecule has 0 saturated heterocycles. The monoisotopic (exact) mass is 338 g/mol. The first kappa shape index (κ1) is 17.2. The van der Waals surface area contributed by atoms with Gasteiger partial charge in [0.1, 0.15) is 15.7 Å². The Labute approximate surface area is 139 Å². The second kappa shape index (κ2) is 7.42. The molecule has 2 rings (SSSR count). The third kappa shape index (κ3) is 3.98. The van der Waals surface area contributed by atoms with Crippen molar-refractivity contribution in [1.82, 2.24) is 9.97 Å². The first-order valence-electron chi connectivity index (χ1n) is 7.51. The van der Waals surface area contributed by atoms with Crippen molar-refractivity contribution < 1.29 is 9.53 Å². The molecule has 2 aromatic rings. The molecule has 0 aliphatic carbocycles. The van der Waals surface area contributed by atoms with Crippen molar-refractivity contribution in [3.05, 3.63) is 16.3 Å². The Hall–Kier alpha value is -1.14. The first-order valence-corrected chi connectivity index (χ1v) is 9.31. The highest BCUT2D eigenvalue weighted by Gasteiger charge is 2.16. The maximum atomic E-state index is 11.8. The Morgan fingerprint density at radius 1 is 1.32 bits per heavy atom. The molecule has 4 nitrogen and oxygen atoms in total. The fourth-order valence-corrected chi connectivity index (χ4v) is 4.12. The van der Waals surface area contributed by atoms with Gasteiger partial charge in [0.05, 0.1) is 11.9 Å². The molecule has 0 aromatic carbocycles. The van der Waals surface area contributed by atoms with Crippen molar-refractivity contribution in [3.63, 3.8) is 0 Å². The minimum Gasteiger partial charge on any atom is -0.462 e. The van der Waals surface area contributed by atoms with E-state index in [1.165, 1.54) is 22.2 Å². The summed E-state index contributed by atoms with van der Waals surface area (Å²) in [6.07, 6.45) is 1.78. The van der Waals surface area contributed by atoms with Crippen molar-refractivity contribution in [2.45, 2.75) is 58.6 Å². The van der Waals surface area contributed by atoms with Crippen LogP contribution in [0.5, 0.6) is 0 Å². The Balaban J connectivity index is 2.31. The molecular weight excluding hydrogens is 316 g/mol. The summed E-state index contributed by atoms with van der Waals surface area (Å²) < 4.78 is 5.20. The molecule has 0 amide bonds. The van der Waals surface area contributed by atoms with Crippen molar-refractivity contribution in [1.29, 1.82) is 0 Å². The van der Waals surface area contributed by atoms with Gasteiger partial charge in [-0.15, -0.1) is 11.3 Å². The average molecular weight is 338 g/mol. The summed E-state index contributed by atoms with van der Waals surface area (Å²) in [6.45, 7) is 10.0. The highest BCUT2D eigenvalue weighted by atomic mass is 32.2. The molecule has 6 heteroatoms. The molecule has 0 N–H and O–H groups in total. The number of aromatic nitrogens is 2. The highest BCUT2D eigenvalue weighted by Crippen LogP contribution is 2.35. The topological polar surface area (TPSA) is 52.1 Å². The van der Waals surface area contributed by atoms with Crippen LogP contribution in [0.4, 0.5) is 0 Å². The number of fused-ring (bicyclic) bond motifs is 1. The first-order chi connectivity index (χ1) is 10.4. The zero-order chi connectivity index (χ0) is 16.3. The van der Waals surface area contributed by atoms with Gasteiger partial charge < -0.3 is 4.74 Å². The van der Waals surface area contributed by atoms with Gasteiger partial charge in [-0.05, 0) is 39.7 Å². The number of ether oxygens (including phenoxy) is 1. The maximum absolute atomic E-state index is 11.8. The third-order valence-electron chi connectivity index (χ3n) is 3.21. The lowest BCUT2D eigenvalue weighted by atomic mass is 10.2. The standard InChI is InChI=1S/C16H22N2O2S2/c1-6-7-12-17-15(21-8-13(19)20-9(2)3)14-10(4)11(5)22-16(14)18-12/h9H,6-8H2,1-5H3. The Morgan fingerprint density at radius 2 is 2.05 bits per heavy atom. The SMILES string of the molecule is CCCc1nc(SCC(=O)OC(C)C)c2c(C)c(C)sc2n1. The lowest BCUT2D eigenvalue weighted by Gasteiger charge is -2.09. The van der Waals surface area contributed by atoms with Crippen LogP contribution in [0.1, 0.15) is 43.5 Å².